The van der Waals surface area contributed by atoms with Crippen LogP contribution in [0.5, 0.6) is 5.75 Å². The summed E-state index contributed by atoms with van der Waals surface area (Å²) in [6, 6.07) is 3.30. The average Bonchev–Trinajstić information content (AvgIpc) is 2.25. The van der Waals surface area contributed by atoms with Gasteiger partial charge in [-0.1, -0.05) is 22.0 Å². The fraction of sp³-hybridized carbons (Fsp3) is 0.455. The Labute approximate surface area is 123 Å². The van der Waals surface area contributed by atoms with Crippen LogP contribution in [-0.2, 0) is 6.42 Å². The normalized spacial score (nSPS) is 12.6. The molecule has 114 valence electrons. The quantitative estimate of drug-likeness (QED) is 0.376. The van der Waals surface area contributed by atoms with Crippen molar-refractivity contribution in [2.24, 2.45) is 0 Å². The number of ether oxygens (including phenoxy) is 1. The number of thioether (sulfide) groups is 1. The molecule has 0 heterocycles. The molecule has 0 unspecified atom stereocenters. The van der Waals surface area contributed by atoms with Crippen LogP contribution in [-0.4, -0.2) is 17.2 Å². The predicted molar refractivity (Wildman–Crippen MR) is 67.2 cm³/mol. The topological polar surface area (TPSA) is 9.23 Å². The van der Waals surface area contributed by atoms with Crippen molar-refractivity contribution in [2.75, 3.05) is 5.33 Å². The predicted octanol–water partition coefficient (Wildman–Crippen LogP) is 5.52. The third-order valence-electron chi connectivity index (χ3n) is 2.06. The number of hydrogen-bond acceptors (Lipinski definition) is 2. The molecule has 0 atom stereocenters. The number of aryl methyl sites for hydroxylation is 1. The highest BCUT2D eigenvalue weighted by atomic mass is 79.9. The molecule has 0 aliphatic rings. The second-order valence-electron chi connectivity index (χ2n) is 3.67. The van der Waals surface area contributed by atoms with Crippen molar-refractivity contribution in [1.29, 1.82) is 0 Å². The summed E-state index contributed by atoms with van der Waals surface area (Å²) in [5.41, 5.74) is -4.16. The van der Waals surface area contributed by atoms with Crippen molar-refractivity contribution in [3.05, 3.63) is 23.8 Å². The molecule has 1 nitrogen and oxygen atoms in total. The molecule has 1 aromatic rings. The van der Waals surface area contributed by atoms with Gasteiger partial charge in [-0.25, -0.2) is 0 Å². The Kier molecular flexibility index (Phi) is 6.06. The van der Waals surface area contributed by atoms with Gasteiger partial charge in [-0.15, -0.1) is 13.2 Å². The van der Waals surface area contributed by atoms with E-state index < -0.39 is 34.3 Å². The van der Waals surface area contributed by atoms with Crippen LogP contribution in [0.1, 0.15) is 12.0 Å². The Morgan fingerprint density at radius 3 is 2.25 bits per heavy atom. The Balaban J connectivity index is 3.03. The molecule has 0 saturated carbocycles. The van der Waals surface area contributed by atoms with E-state index in [1.165, 1.54) is 6.07 Å². The van der Waals surface area contributed by atoms with E-state index in [4.69, 9.17) is 0 Å². The summed E-state index contributed by atoms with van der Waals surface area (Å²) in [5, 5.41) is 0.648. The van der Waals surface area contributed by atoms with Crippen LogP contribution < -0.4 is 4.74 Å². The zero-order valence-electron chi connectivity index (χ0n) is 9.82. The van der Waals surface area contributed by atoms with Crippen molar-refractivity contribution in [3.8, 4) is 5.75 Å². The molecule has 20 heavy (non-hydrogen) atoms. The molecule has 0 spiro atoms. The second-order valence-corrected chi connectivity index (χ2v) is 5.57. The van der Waals surface area contributed by atoms with Crippen LogP contribution >= 0.6 is 27.7 Å². The van der Waals surface area contributed by atoms with Crippen LogP contribution in [0.2, 0.25) is 0 Å². The summed E-state index contributed by atoms with van der Waals surface area (Å²) < 4.78 is 77.1. The summed E-state index contributed by atoms with van der Waals surface area (Å²) in [6.07, 6.45) is -3.91. The standard InChI is InChI=1S/C11H9BrF6OS/c12-5-1-2-7-3-4-8(19-10(13,14)15)9(6-7)20-11(16,17)18/h3-4,6H,1-2,5H2. The number of benzene rings is 1. The first-order chi connectivity index (χ1) is 9.11. The molecule has 1 aromatic carbocycles. The summed E-state index contributed by atoms with van der Waals surface area (Å²) >= 11 is 2.55. The van der Waals surface area contributed by atoms with E-state index >= 15 is 0 Å². The molecule has 0 aromatic heterocycles. The van der Waals surface area contributed by atoms with E-state index in [2.05, 4.69) is 20.7 Å². The molecule has 0 fully saturated rings. The summed E-state index contributed by atoms with van der Waals surface area (Å²) in [7, 11) is 0. The minimum absolute atomic E-state index is 0.461. The van der Waals surface area contributed by atoms with Crippen LogP contribution in [0, 0.1) is 0 Å². The van der Waals surface area contributed by atoms with Crippen molar-refractivity contribution in [3.63, 3.8) is 0 Å². The lowest BCUT2D eigenvalue weighted by atomic mass is 10.1. The molecule has 0 bridgehead atoms. The SMILES string of the molecule is FC(F)(F)Oc1ccc(CCCBr)cc1SC(F)(F)F. The van der Waals surface area contributed by atoms with Crippen molar-refractivity contribution in [2.45, 2.75) is 29.6 Å². The van der Waals surface area contributed by atoms with Gasteiger partial charge >= 0.3 is 11.9 Å². The first-order valence-corrected chi connectivity index (χ1v) is 7.25. The zero-order valence-corrected chi connectivity index (χ0v) is 12.2. The highest BCUT2D eigenvalue weighted by Crippen LogP contribution is 2.43. The number of halogens is 7. The number of hydrogen-bond donors (Lipinski definition) is 0. The fourth-order valence-corrected chi connectivity index (χ4v) is 2.34. The van der Waals surface area contributed by atoms with Crippen LogP contribution in [0.25, 0.3) is 0 Å². The smallest absolute Gasteiger partial charge is 0.405 e. The van der Waals surface area contributed by atoms with Gasteiger partial charge in [0.05, 0.1) is 4.90 Å². The van der Waals surface area contributed by atoms with Gasteiger partial charge < -0.3 is 4.74 Å². The van der Waals surface area contributed by atoms with Crippen LogP contribution in [0.3, 0.4) is 0 Å². The first-order valence-electron chi connectivity index (χ1n) is 5.31. The molecule has 0 saturated heterocycles. The Morgan fingerprint density at radius 1 is 1.10 bits per heavy atom. The van der Waals surface area contributed by atoms with Crippen molar-refractivity contribution < 1.29 is 31.1 Å². The monoisotopic (exact) mass is 382 g/mol. The lowest BCUT2D eigenvalue weighted by Gasteiger charge is -2.15. The Bertz CT molecular complexity index is 446. The van der Waals surface area contributed by atoms with E-state index in [1.54, 1.807) is 0 Å². The highest BCUT2D eigenvalue weighted by Gasteiger charge is 2.35. The van der Waals surface area contributed by atoms with E-state index in [0.717, 1.165) is 12.1 Å². The third kappa shape index (κ3) is 6.74. The minimum Gasteiger partial charge on any atom is -0.405 e. The summed E-state index contributed by atoms with van der Waals surface area (Å²) in [6.45, 7) is 0. The average molecular weight is 383 g/mol. The van der Waals surface area contributed by atoms with E-state index in [0.29, 0.717) is 23.7 Å². The molecule has 1 rings (SSSR count). The second kappa shape index (κ2) is 6.93. The summed E-state index contributed by atoms with van der Waals surface area (Å²) in [4.78, 5) is -0.595. The van der Waals surface area contributed by atoms with E-state index in [9.17, 15) is 26.3 Å². The van der Waals surface area contributed by atoms with Gasteiger partial charge in [0, 0.05) is 5.33 Å². The van der Waals surface area contributed by atoms with Gasteiger partial charge in [0.1, 0.15) is 5.75 Å². The van der Waals surface area contributed by atoms with Gasteiger partial charge in [0.15, 0.2) is 0 Å². The molecule has 0 amide bonds. The lowest BCUT2D eigenvalue weighted by Crippen LogP contribution is -2.18. The molecule has 0 aliphatic heterocycles. The third-order valence-corrected chi connectivity index (χ3v) is 3.39. The maximum absolute atomic E-state index is 12.4. The zero-order chi connectivity index (χ0) is 15.4. The van der Waals surface area contributed by atoms with Gasteiger partial charge in [0.2, 0.25) is 0 Å². The molecular weight excluding hydrogens is 374 g/mol. The van der Waals surface area contributed by atoms with Crippen molar-refractivity contribution in [1.82, 2.24) is 0 Å². The van der Waals surface area contributed by atoms with Gasteiger partial charge in [0.25, 0.3) is 0 Å². The van der Waals surface area contributed by atoms with Crippen LogP contribution in [0.4, 0.5) is 26.3 Å². The van der Waals surface area contributed by atoms with Gasteiger partial charge in [-0.05, 0) is 42.3 Å². The van der Waals surface area contributed by atoms with E-state index in [-0.39, 0.29) is 0 Å². The highest BCUT2D eigenvalue weighted by molar-refractivity contribution is 9.09. The fourth-order valence-electron chi connectivity index (χ4n) is 1.39. The van der Waals surface area contributed by atoms with Crippen LogP contribution in [0.15, 0.2) is 23.1 Å². The Hall–Kier alpha value is -0.570. The maximum atomic E-state index is 12.4. The van der Waals surface area contributed by atoms with Gasteiger partial charge in [-0.2, -0.15) is 13.2 Å². The number of rotatable bonds is 5. The lowest BCUT2D eigenvalue weighted by molar-refractivity contribution is -0.275. The molecule has 0 aliphatic carbocycles. The largest absolute Gasteiger partial charge is 0.573 e. The van der Waals surface area contributed by atoms with Crippen molar-refractivity contribution >= 4 is 27.7 Å². The molecule has 0 radical (unpaired) electrons. The molecule has 0 N–H and O–H groups in total. The Morgan fingerprint density at radius 2 is 1.75 bits per heavy atom. The summed E-state index contributed by atoms with van der Waals surface area (Å²) in [5.74, 6) is -0.845. The molecule has 9 heteroatoms. The first kappa shape index (κ1) is 17.5. The van der Waals surface area contributed by atoms with Gasteiger partial charge in [-0.3, -0.25) is 0 Å². The molecular formula is C11H9BrF6OS. The maximum Gasteiger partial charge on any atom is 0.573 e. The minimum atomic E-state index is -5.03. The van der Waals surface area contributed by atoms with E-state index in [1.807, 2.05) is 0 Å². The number of alkyl halides is 7.